The first-order chi connectivity index (χ1) is 23.0. The van der Waals surface area contributed by atoms with Crippen LogP contribution in [0.5, 0.6) is 0 Å². The SMILES string of the molecule is [2H]C1=C2C(=C3[C@@H](C([2H])([2H])C2([2H])[2H])[C@]2([2H])C([2H])([2H])C([2H])([2H])[C@@](O)(C#CC)[C@@]2(C([2H])([2H])[2H])C([2H])([2H])[C@]3([2H])c2ccc(N(C)C)cc2)C([2H])([2H])C([2H])([2H])C1=O. The highest BCUT2D eigenvalue weighted by Crippen LogP contribution is 2.66. The van der Waals surface area contributed by atoms with Crippen molar-refractivity contribution in [2.45, 2.75) is 69.9 Å². The number of fused-ring (bicyclic) bond motifs is 4. The summed E-state index contributed by atoms with van der Waals surface area (Å²) in [5.74, 6) is -9.27. The summed E-state index contributed by atoms with van der Waals surface area (Å²) >= 11 is 0. The first-order valence-electron chi connectivity index (χ1n) is 20.0. The zero-order valence-corrected chi connectivity index (χ0v) is 17.7. The average Bonchev–Trinajstić information content (AvgIpc) is 3.06. The summed E-state index contributed by atoms with van der Waals surface area (Å²) in [7, 11) is 3.19. The normalized spacial score (nSPS) is 61.4. The smallest absolute Gasteiger partial charge is 0.156 e. The van der Waals surface area contributed by atoms with Gasteiger partial charge in [0, 0.05) is 63.5 Å². The number of carbonyl (C=O) groups excluding carboxylic acids is 1. The number of anilines is 1. The van der Waals surface area contributed by atoms with Crippen molar-refractivity contribution in [3.05, 3.63) is 52.6 Å². The minimum Gasteiger partial charge on any atom is -0.378 e. The van der Waals surface area contributed by atoms with Gasteiger partial charge in [0.1, 0.15) is 5.60 Å². The van der Waals surface area contributed by atoms with Crippen LogP contribution in [0, 0.1) is 29.1 Å². The van der Waals surface area contributed by atoms with Crippen molar-refractivity contribution in [2.75, 3.05) is 19.0 Å². The molecule has 1 aromatic rings. The Morgan fingerprint density at radius 2 is 2.03 bits per heavy atom. The van der Waals surface area contributed by atoms with Gasteiger partial charge in [0.25, 0.3) is 0 Å². The van der Waals surface area contributed by atoms with Gasteiger partial charge in [-0.1, -0.05) is 30.5 Å². The molecule has 5 atom stereocenters. The van der Waals surface area contributed by atoms with Gasteiger partial charge in [0.2, 0.25) is 0 Å². The quantitative estimate of drug-likeness (QED) is 0.614. The van der Waals surface area contributed by atoms with Crippen molar-refractivity contribution in [1.29, 1.82) is 0 Å². The number of hydrogen-bond donors (Lipinski definition) is 1. The molecular formula is C29H35NO2. The number of ketones is 1. The molecule has 0 amide bonds. The maximum Gasteiger partial charge on any atom is 0.156 e. The van der Waals surface area contributed by atoms with Crippen molar-refractivity contribution in [1.82, 2.24) is 0 Å². The van der Waals surface area contributed by atoms with Gasteiger partial charge in [-0.05, 0) is 91.9 Å². The third kappa shape index (κ3) is 3.11. The molecule has 0 unspecified atom stereocenters. The van der Waals surface area contributed by atoms with Crippen LogP contribution in [-0.2, 0) is 4.79 Å². The Hall–Kier alpha value is -2.31. The van der Waals surface area contributed by atoms with E-state index in [4.69, 9.17) is 19.2 Å². The van der Waals surface area contributed by atoms with E-state index in [-0.39, 0.29) is 0 Å². The third-order valence-corrected chi connectivity index (χ3v) is 5.86. The number of carbonyl (C=O) groups is 1. The van der Waals surface area contributed by atoms with Crippen LogP contribution in [-0.4, -0.2) is 30.6 Å². The summed E-state index contributed by atoms with van der Waals surface area (Å²) in [5.41, 5.74) is -13.2. The van der Waals surface area contributed by atoms with Gasteiger partial charge < -0.3 is 10.0 Å². The predicted octanol–water partition coefficient (Wildman–Crippen LogP) is 5.41. The molecule has 3 heteroatoms. The molecule has 5 rings (SSSR count). The number of nitrogens with zero attached hydrogens (tertiary/aromatic N) is 1. The van der Waals surface area contributed by atoms with E-state index >= 15 is 0 Å². The molecule has 32 heavy (non-hydrogen) atoms. The van der Waals surface area contributed by atoms with E-state index in [0.29, 0.717) is 5.69 Å². The van der Waals surface area contributed by atoms with Gasteiger partial charge >= 0.3 is 0 Å². The van der Waals surface area contributed by atoms with E-state index in [9.17, 15) is 18.1 Å². The van der Waals surface area contributed by atoms with Crippen LogP contribution in [0.1, 0.15) is 97.3 Å². The summed E-state index contributed by atoms with van der Waals surface area (Å²) in [4.78, 5) is 14.8. The Labute approximate surface area is 220 Å². The van der Waals surface area contributed by atoms with E-state index in [0.717, 1.165) is 19.1 Å². The second-order valence-corrected chi connectivity index (χ2v) is 8.01. The fourth-order valence-corrected chi connectivity index (χ4v) is 4.23. The molecular weight excluding hydrogens is 394 g/mol. The lowest BCUT2D eigenvalue weighted by molar-refractivity contribution is -0.114. The Bertz CT molecular complexity index is 1900. The van der Waals surface area contributed by atoms with Gasteiger partial charge in [-0.2, -0.15) is 0 Å². The third-order valence-electron chi connectivity index (χ3n) is 5.86. The highest BCUT2D eigenvalue weighted by atomic mass is 16.3. The number of benzene rings is 1. The number of allylic oxidation sites excluding steroid dienone is 4. The monoisotopic (exact) mass is 449 g/mol. The summed E-state index contributed by atoms with van der Waals surface area (Å²) in [6, 6.07) is 3.00. The molecule has 4 aliphatic rings. The molecule has 0 spiro atoms. The molecule has 168 valence electrons. The Balaban J connectivity index is 2.28. The highest BCUT2D eigenvalue weighted by Gasteiger charge is 2.62. The zero-order chi connectivity index (χ0) is 40.4. The standard InChI is InChI=1S/C29H35NO2/c1-5-15-29(32)16-14-26-24-12-8-20-17-22(31)11-13-23(20)27(24)25(18-28(26,29)2)19-6-9-21(10-7-19)30(3)4/h6-7,9-10,17,24-26,32H,8,11-14,16,18H2,1-4H3/t24-,25+,26-,28-,29-/m0/s1/i2D3,8D2,11D2,12D2,13D2,14D2,16D2,17D,18D2,25D,26D. The van der Waals surface area contributed by atoms with E-state index in [1.807, 2.05) is 5.92 Å². The largest absolute Gasteiger partial charge is 0.378 e. The minimum atomic E-state index is -4.35. The average molecular weight is 450 g/mol. The summed E-state index contributed by atoms with van der Waals surface area (Å²) in [6.45, 7) is -3.35. The maximum atomic E-state index is 13.2. The van der Waals surface area contributed by atoms with Crippen molar-refractivity contribution in [3.63, 3.8) is 0 Å². The van der Waals surface area contributed by atoms with Gasteiger partial charge in [-0.25, -0.2) is 0 Å². The lowest BCUT2D eigenvalue weighted by atomic mass is 9.51. The minimum absolute atomic E-state index is 0.388. The lowest BCUT2D eigenvalue weighted by Gasteiger charge is -2.53. The molecule has 0 heterocycles. The van der Waals surface area contributed by atoms with Crippen LogP contribution < -0.4 is 4.90 Å². The number of aliphatic hydroxyl groups is 1. The van der Waals surface area contributed by atoms with Crippen molar-refractivity contribution < 1.29 is 37.3 Å². The first-order valence-corrected chi connectivity index (χ1v) is 9.98. The fourth-order valence-electron chi connectivity index (χ4n) is 4.23. The molecule has 0 bridgehead atoms. The molecule has 4 aliphatic carbocycles. The van der Waals surface area contributed by atoms with E-state index in [1.165, 1.54) is 12.1 Å². The molecule has 3 nitrogen and oxygen atoms in total. The zero-order valence-electron chi connectivity index (χ0n) is 37.7. The molecule has 1 aromatic carbocycles. The van der Waals surface area contributed by atoms with Gasteiger partial charge in [0.15, 0.2) is 5.78 Å². The van der Waals surface area contributed by atoms with Gasteiger partial charge in [-0.15, -0.1) is 5.92 Å². The Morgan fingerprint density at radius 1 is 1.25 bits per heavy atom. The van der Waals surface area contributed by atoms with E-state index < -0.39 is 114 Å². The van der Waals surface area contributed by atoms with Crippen LogP contribution in [0.2, 0.25) is 0 Å². The van der Waals surface area contributed by atoms with Crippen LogP contribution in [0.25, 0.3) is 0 Å². The molecule has 2 fully saturated rings. The number of rotatable bonds is 2. The van der Waals surface area contributed by atoms with Crippen molar-refractivity contribution in [3.8, 4) is 11.8 Å². The van der Waals surface area contributed by atoms with Crippen LogP contribution in [0.15, 0.2) is 47.0 Å². The molecule has 0 saturated heterocycles. The molecule has 0 radical (unpaired) electrons. The highest BCUT2D eigenvalue weighted by molar-refractivity contribution is 5.93. The van der Waals surface area contributed by atoms with Crippen LogP contribution >= 0.6 is 0 Å². The summed E-state index contributed by atoms with van der Waals surface area (Å²) < 4.78 is 183. The summed E-state index contributed by atoms with van der Waals surface area (Å²) in [6.07, 6.45) is -28.4. The Morgan fingerprint density at radius 3 is 2.72 bits per heavy atom. The predicted molar refractivity (Wildman–Crippen MR) is 129 cm³/mol. The Kier molecular flexibility index (Phi) is 2.02. The second kappa shape index (κ2) is 7.63. The number of hydrogen-bond acceptors (Lipinski definition) is 3. The van der Waals surface area contributed by atoms with E-state index in [1.54, 1.807) is 19.0 Å². The van der Waals surface area contributed by atoms with Gasteiger partial charge in [-0.3, -0.25) is 4.79 Å². The second-order valence-electron chi connectivity index (χ2n) is 8.01. The lowest BCUT2D eigenvalue weighted by Crippen LogP contribution is -2.51. The summed E-state index contributed by atoms with van der Waals surface area (Å²) in [5, 5.41) is 12.5. The topological polar surface area (TPSA) is 40.5 Å². The van der Waals surface area contributed by atoms with Crippen LogP contribution in [0.4, 0.5) is 5.69 Å². The van der Waals surface area contributed by atoms with Gasteiger partial charge in [0.05, 0.1) is 1.37 Å². The molecule has 0 aliphatic heterocycles. The van der Waals surface area contributed by atoms with Crippen molar-refractivity contribution in [2.24, 2.45) is 17.2 Å². The first kappa shape index (κ1) is 8.48. The van der Waals surface area contributed by atoms with E-state index in [2.05, 4.69) is 5.92 Å². The molecule has 0 aromatic heterocycles. The fraction of sp³-hybridized carbons (Fsp3) is 0.552. The van der Waals surface area contributed by atoms with Crippen LogP contribution in [0.3, 0.4) is 0 Å². The molecule has 2 saturated carbocycles. The molecule has 1 N–H and O–H groups in total. The van der Waals surface area contributed by atoms with Crippen molar-refractivity contribution >= 4 is 11.5 Å². The maximum absolute atomic E-state index is 13.2.